The molecule has 3 aromatic heterocycles. The highest BCUT2D eigenvalue weighted by Crippen LogP contribution is 2.41. The van der Waals surface area contributed by atoms with E-state index in [0.717, 1.165) is 10.1 Å². The molecule has 4 heterocycles. The fourth-order valence-corrected chi connectivity index (χ4v) is 8.73. The van der Waals surface area contributed by atoms with E-state index in [1.807, 2.05) is 30.5 Å². The lowest BCUT2D eigenvalue weighted by Crippen LogP contribution is -2.36. The van der Waals surface area contributed by atoms with Gasteiger partial charge in [0.2, 0.25) is 15.9 Å². The maximum absolute atomic E-state index is 14.1. The van der Waals surface area contributed by atoms with Crippen molar-refractivity contribution in [3.8, 4) is 11.6 Å². The molecule has 11 nitrogen and oxygen atoms in total. The molecule has 0 bridgehead atoms. The maximum atomic E-state index is 14.1. The Hall–Kier alpha value is -3.92. The minimum atomic E-state index is -4.11. The first-order valence-corrected chi connectivity index (χ1v) is 17.9. The van der Waals surface area contributed by atoms with Gasteiger partial charge in [0.25, 0.3) is 0 Å². The van der Waals surface area contributed by atoms with Crippen LogP contribution in [-0.2, 0) is 33.1 Å². The summed E-state index contributed by atoms with van der Waals surface area (Å²) in [5.74, 6) is -1.33. The van der Waals surface area contributed by atoms with Crippen molar-refractivity contribution in [2.24, 2.45) is 7.05 Å². The number of benzene rings is 2. The second-order valence-electron chi connectivity index (χ2n) is 11.4. The van der Waals surface area contributed by atoms with Crippen LogP contribution in [0.25, 0.3) is 21.1 Å². The number of halogens is 3. The van der Waals surface area contributed by atoms with E-state index in [1.54, 1.807) is 20.9 Å². The Morgan fingerprint density at radius 2 is 2.02 bits per heavy atom. The van der Waals surface area contributed by atoms with Crippen molar-refractivity contribution >= 4 is 60.0 Å². The summed E-state index contributed by atoms with van der Waals surface area (Å²) < 4.78 is 75.2. The number of carbonyl (C=O) groups is 1. The largest absolute Gasteiger partial charge is 0.472 e. The van der Waals surface area contributed by atoms with Gasteiger partial charge in [-0.1, -0.05) is 29.8 Å². The minimum Gasteiger partial charge on any atom is -0.472 e. The average Bonchev–Trinajstić information content (AvgIpc) is 3.66. The highest BCUT2D eigenvalue weighted by molar-refractivity contribution is 7.89. The van der Waals surface area contributed by atoms with Gasteiger partial charge in [0.05, 0.1) is 24.6 Å². The number of hydrogen-bond donors (Lipinski definition) is 0. The van der Waals surface area contributed by atoms with E-state index in [9.17, 15) is 22.0 Å². The average molecular weight is 720 g/mol. The van der Waals surface area contributed by atoms with Crippen molar-refractivity contribution in [1.29, 1.82) is 0 Å². The Morgan fingerprint density at radius 3 is 2.75 bits per heavy atom. The van der Waals surface area contributed by atoms with Crippen molar-refractivity contribution in [2.75, 3.05) is 13.2 Å². The summed E-state index contributed by atoms with van der Waals surface area (Å²) in [6, 6.07) is 8.51. The SMILES string of the molecule is CCOC(=O)C[C@H](c1cc(CN2C[C@@H](CC)Oc3ncc(Cl)cc3S2(=O)=O)c2sccc2c1)c1cc(OC(F)F)c2c(nnn2C)c1C. The van der Waals surface area contributed by atoms with Gasteiger partial charge in [-0.3, -0.25) is 4.79 Å². The highest BCUT2D eigenvalue weighted by atomic mass is 35.5. The zero-order valence-electron chi connectivity index (χ0n) is 26.4. The molecule has 1 aliphatic heterocycles. The van der Waals surface area contributed by atoms with Gasteiger partial charge in [-0.2, -0.15) is 13.1 Å². The molecule has 0 amide bonds. The number of esters is 1. The molecular formula is C32H32ClF2N5O6S2. The Balaban J connectivity index is 1.51. The first-order chi connectivity index (χ1) is 22.9. The summed E-state index contributed by atoms with van der Waals surface area (Å²) >= 11 is 7.62. The van der Waals surface area contributed by atoms with Crippen molar-refractivity contribution in [1.82, 2.24) is 24.3 Å². The topological polar surface area (TPSA) is 126 Å². The van der Waals surface area contributed by atoms with E-state index in [1.165, 1.54) is 38.7 Å². The number of hydrogen-bond acceptors (Lipinski definition) is 10. The second-order valence-corrected chi connectivity index (χ2v) is 14.6. The lowest BCUT2D eigenvalue weighted by atomic mass is 9.84. The van der Waals surface area contributed by atoms with Gasteiger partial charge in [0, 0.05) is 30.4 Å². The smallest absolute Gasteiger partial charge is 0.387 e. The molecule has 0 N–H and O–H groups in total. The Morgan fingerprint density at radius 1 is 1.23 bits per heavy atom. The number of alkyl halides is 2. The number of nitrogens with zero attached hydrogens (tertiary/aromatic N) is 5. The molecule has 6 rings (SSSR count). The number of rotatable bonds is 10. The van der Waals surface area contributed by atoms with Crippen LogP contribution in [0.5, 0.6) is 11.6 Å². The Kier molecular flexibility index (Phi) is 9.57. The van der Waals surface area contributed by atoms with E-state index in [-0.39, 0.29) is 53.2 Å². The van der Waals surface area contributed by atoms with Gasteiger partial charge in [0.15, 0.2) is 5.75 Å². The summed E-state index contributed by atoms with van der Waals surface area (Å²) in [7, 11) is -2.53. The zero-order valence-corrected chi connectivity index (χ0v) is 28.8. The summed E-state index contributed by atoms with van der Waals surface area (Å²) in [6.45, 7) is 2.46. The maximum Gasteiger partial charge on any atom is 0.387 e. The van der Waals surface area contributed by atoms with Crippen molar-refractivity contribution in [3.63, 3.8) is 0 Å². The number of thiophene rings is 1. The van der Waals surface area contributed by atoms with E-state index in [4.69, 9.17) is 25.8 Å². The minimum absolute atomic E-state index is 0.00466. The molecule has 0 fully saturated rings. The van der Waals surface area contributed by atoms with Crippen LogP contribution in [-0.4, -0.2) is 64.5 Å². The second kappa shape index (κ2) is 13.5. The van der Waals surface area contributed by atoms with Crippen LogP contribution < -0.4 is 9.47 Å². The Bertz CT molecular complexity index is 2120. The Labute approximate surface area is 284 Å². The molecule has 2 atom stereocenters. The predicted molar refractivity (Wildman–Crippen MR) is 176 cm³/mol. The molecule has 2 aromatic carbocycles. The fourth-order valence-electron chi connectivity index (χ4n) is 6.08. The van der Waals surface area contributed by atoms with Crippen LogP contribution in [0.4, 0.5) is 8.78 Å². The number of aromatic nitrogens is 4. The van der Waals surface area contributed by atoms with Crippen molar-refractivity contribution < 1.29 is 36.2 Å². The molecule has 16 heteroatoms. The lowest BCUT2D eigenvalue weighted by molar-refractivity contribution is -0.143. The summed E-state index contributed by atoms with van der Waals surface area (Å²) in [5, 5.41) is 11.1. The molecule has 254 valence electrons. The molecule has 0 saturated heterocycles. The van der Waals surface area contributed by atoms with Gasteiger partial charge in [-0.25, -0.2) is 18.1 Å². The van der Waals surface area contributed by atoms with Crippen LogP contribution >= 0.6 is 22.9 Å². The standard InChI is InChI=1S/C32H32ClF2N5O6S2/c1-5-22-16-40(48(42,43)26-11-21(33)14-36-31(26)45-22)15-20-10-19(9-18-7-8-47-30(18)20)24(13-27(41)44-6-2)23-12-25(46-32(34)35)29-28(17(23)3)37-38-39(29)4/h7-12,14,22,24,32H,5-6,13,15-16H2,1-4H3/t22-,24-/m1/s1. The van der Waals surface area contributed by atoms with Crippen molar-refractivity contribution in [3.05, 3.63) is 69.2 Å². The molecule has 48 heavy (non-hydrogen) atoms. The van der Waals surface area contributed by atoms with Crippen LogP contribution in [0.3, 0.4) is 0 Å². The van der Waals surface area contributed by atoms with Crippen LogP contribution in [0.2, 0.25) is 5.02 Å². The van der Waals surface area contributed by atoms with E-state index < -0.39 is 34.6 Å². The van der Waals surface area contributed by atoms with Crippen LogP contribution in [0.1, 0.15) is 54.9 Å². The monoisotopic (exact) mass is 719 g/mol. The van der Waals surface area contributed by atoms with Gasteiger partial charge in [0.1, 0.15) is 22.0 Å². The number of aryl methyl sites for hydroxylation is 2. The molecule has 5 aromatic rings. The molecule has 1 aliphatic rings. The highest BCUT2D eigenvalue weighted by Gasteiger charge is 2.36. The molecule has 0 aliphatic carbocycles. The molecular weight excluding hydrogens is 688 g/mol. The van der Waals surface area contributed by atoms with E-state index >= 15 is 0 Å². The molecule has 0 saturated carbocycles. The van der Waals surface area contributed by atoms with Gasteiger partial charge in [-0.15, -0.1) is 16.4 Å². The molecule has 0 spiro atoms. The number of pyridine rings is 1. The quantitative estimate of drug-likeness (QED) is 0.147. The summed E-state index contributed by atoms with van der Waals surface area (Å²) in [4.78, 5) is 17.1. The summed E-state index contributed by atoms with van der Waals surface area (Å²) in [5.41, 5.74) is 3.12. The van der Waals surface area contributed by atoms with Gasteiger partial charge in [-0.05, 0) is 77.6 Å². The van der Waals surface area contributed by atoms with Gasteiger partial charge >= 0.3 is 12.6 Å². The number of ether oxygens (including phenoxy) is 3. The third-order valence-electron chi connectivity index (χ3n) is 8.35. The fraction of sp³-hybridized carbons (Fsp3) is 0.375. The van der Waals surface area contributed by atoms with E-state index in [0.29, 0.717) is 34.2 Å². The molecule has 0 radical (unpaired) electrons. The first-order valence-electron chi connectivity index (χ1n) is 15.2. The number of sulfonamides is 1. The summed E-state index contributed by atoms with van der Waals surface area (Å²) in [6.07, 6.45) is 1.27. The van der Waals surface area contributed by atoms with Crippen LogP contribution in [0, 0.1) is 6.92 Å². The first kappa shape index (κ1) is 34.0. The van der Waals surface area contributed by atoms with Crippen LogP contribution in [0.15, 0.2) is 46.8 Å². The van der Waals surface area contributed by atoms with Gasteiger partial charge < -0.3 is 14.2 Å². The third kappa shape index (κ3) is 6.43. The van der Waals surface area contributed by atoms with Crippen molar-refractivity contribution in [2.45, 2.75) is 63.7 Å². The number of carbonyl (C=O) groups excluding carboxylic acids is 1. The predicted octanol–water partition coefficient (Wildman–Crippen LogP) is 6.59. The third-order valence-corrected chi connectivity index (χ3v) is 11.4. The normalized spacial score (nSPS) is 16.9. The molecule has 0 unspecified atom stereocenters. The lowest BCUT2D eigenvalue weighted by Gasteiger charge is -2.25. The number of fused-ring (bicyclic) bond motifs is 3. The van der Waals surface area contributed by atoms with E-state index in [2.05, 4.69) is 15.3 Å². The zero-order chi connectivity index (χ0) is 34.3.